The second kappa shape index (κ2) is 6.34. The zero-order chi connectivity index (χ0) is 16.4. The number of amides is 1. The van der Waals surface area contributed by atoms with Gasteiger partial charge in [-0.2, -0.15) is 0 Å². The minimum atomic E-state index is -0.171. The maximum Gasteiger partial charge on any atom is 0.252 e. The van der Waals surface area contributed by atoms with Gasteiger partial charge in [0.25, 0.3) is 5.91 Å². The molecule has 2 heterocycles. The van der Waals surface area contributed by atoms with E-state index >= 15 is 0 Å². The summed E-state index contributed by atoms with van der Waals surface area (Å²) in [5.41, 5.74) is 2.11. The first-order valence-electron chi connectivity index (χ1n) is 7.68. The van der Waals surface area contributed by atoms with E-state index in [0.29, 0.717) is 0 Å². The van der Waals surface area contributed by atoms with Crippen molar-refractivity contribution in [2.45, 2.75) is 6.92 Å². The van der Waals surface area contributed by atoms with Crippen molar-refractivity contribution < 1.29 is 9.21 Å². The number of benzene rings is 1. The highest BCUT2D eigenvalue weighted by molar-refractivity contribution is 5.86. The van der Waals surface area contributed by atoms with E-state index in [1.165, 1.54) is 0 Å². The topological polar surface area (TPSA) is 45.8 Å². The summed E-state index contributed by atoms with van der Waals surface area (Å²) in [6, 6.07) is 9.81. The fourth-order valence-corrected chi connectivity index (χ4v) is 2.58. The first-order chi connectivity index (χ1) is 11.0. The van der Waals surface area contributed by atoms with Crippen molar-refractivity contribution in [3.05, 3.63) is 64.6 Å². The molecule has 0 N–H and O–H groups in total. The molecule has 0 bridgehead atoms. The molecule has 23 heavy (non-hydrogen) atoms. The predicted octanol–water partition coefficient (Wildman–Crippen LogP) is 1.85. The van der Waals surface area contributed by atoms with Crippen LogP contribution in [-0.4, -0.2) is 31.4 Å². The number of rotatable bonds is 4. The zero-order valence-electron chi connectivity index (χ0n) is 13.6. The molecule has 4 heteroatoms. The standard InChI is InChI=1S/C19H20N2O2/c1-13-11-15-12-14(6-7-17(15)20-19(13)22)16(8-9-21(2)3)18-5-4-10-23-18/h4-8,10-13H,9H2,1-3H3. The summed E-state index contributed by atoms with van der Waals surface area (Å²) < 4.78 is 5.59. The van der Waals surface area contributed by atoms with Crippen molar-refractivity contribution in [3.63, 3.8) is 0 Å². The quantitative estimate of drug-likeness (QED) is 0.866. The summed E-state index contributed by atoms with van der Waals surface area (Å²) in [5.74, 6) is 0.582. The monoisotopic (exact) mass is 308 g/mol. The van der Waals surface area contributed by atoms with Crippen LogP contribution in [0.4, 0.5) is 0 Å². The van der Waals surface area contributed by atoms with E-state index < -0.39 is 0 Å². The summed E-state index contributed by atoms with van der Waals surface area (Å²) in [4.78, 5) is 18.0. The molecule has 1 aliphatic heterocycles. The van der Waals surface area contributed by atoms with E-state index in [1.807, 2.05) is 51.4 Å². The van der Waals surface area contributed by atoms with Gasteiger partial charge in [0.05, 0.1) is 17.5 Å². The Balaban J connectivity index is 2.10. The Kier molecular flexibility index (Phi) is 4.26. The van der Waals surface area contributed by atoms with Crippen LogP contribution in [0.3, 0.4) is 0 Å². The summed E-state index contributed by atoms with van der Waals surface area (Å²) in [6.07, 6.45) is 5.80. The molecule has 0 spiro atoms. The van der Waals surface area contributed by atoms with Gasteiger partial charge >= 0.3 is 0 Å². The highest BCUT2D eigenvalue weighted by atomic mass is 16.3. The van der Waals surface area contributed by atoms with Crippen LogP contribution in [0.15, 0.2) is 52.1 Å². The Labute approximate surface area is 135 Å². The number of hydrogen-bond acceptors (Lipinski definition) is 3. The molecule has 1 aromatic carbocycles. The number of carbonyl (C=O) groups is 1. The average molecular weight is 308 g/mol. The molecular formula is C19H20N2O2. The van der Waals surface area contributed by atoms with Crippen LogP contribution in [0.1, 0.15) is 18.2 Å². The lowest BCUT2D eigenvalue weighted by atomic mass is 9.99. The molecule has 0 saturated heterocycles. The first kappa shape index (κ1) is 15.4. The van der Waals surface area contributed by atoms with Crippen molar-refractivity contribution in [1.29, 1.82) is 0 Å². The summed E-state index contributed by atoms with van der Waals surface area (Å²) in [5, 5.41) is 1.74. The highest BCUT2D eigenvalue weighted by Gasteiger charge is 2.14. The molecule has 2 aromatic rings. The Morgan fingerprint density at radius 1 is 1.35 bits per heavy atom. The van der Waals surface area contributed by atoms with Gasteiger partial charge in [0.1, 0.15) is 5.76 Å². The van der Waals surface area contributed by atoms with Crippen molar-refractivity contribution >= 4 is 17.6 Å². The minimum absolute atomic E-state index is 0.0837. The lowest BCUT2D eigenvalue weighted by molar-refractivity contribution is -0.119. The molecule has 1 unspecified atom stereocenters. The number of likely N-dealkylation sites (N-methyl/N-ethyl adjacent to an activating group) is 1. The van der Waals surface area contributed by atoms with E-state index in [-0.39, 0.29) is 11.8 Å². The smallest absolute Gasteiger partial charge is 0.252 e. The summed E-state index contributed by atoms with van der Waals surface area (Å²) >= 11 is 0. The summed E-state index contributed by atoms with van der Waals surface area (Å²) in [6.45, 7) is 2.69. The van der Waals surface area contributed by atoms with Crippen LogP contribution in [0.5, 0.6) is 0 Å². The largest absolute Gasteiger partial charge is 0.464 e. The third kappa shape index (κ3) is 3.32. The highest BCUT2D eigenvalue weighted by Crippen LogP contribution is 2.22. The molecule has 1 atom stereocenters. The second-order valence-corrected chi connectivity index (χ2v) is 6.04. The molecule has 118 valence electrons. The van der Waals surface area contributed by atoms with Crippen LogP contribution < -0.4 is 10.6 Å². The van der Waals surface area contributed by atoms with Crippen LogP contribution in [0.2, 0.25) is 0 Å². The molecule has 0 fully saturated rings. The zero-order valence-corrected chi connectivity index (χ0v) is 13.6. The molecule has 1 aromatic heterocycles. The fraction of sp³-hybridized carbons (Fsp3) is 0.263. The molecule has 1 aliphatic rings. The van der Waals surface area contributed by atoms with Crippen LogP contribution in [-0.2, 0) is 4.79 Å². The third-order valence-electron chi connectivity index (χ3n) is 3.84. The van der Waals surface area contributed by atoms with E-state index in [0.717, 1.165) is 34.0 Å². The molecule has 3 rings (SSSR count). The fourth-order valence-electron chi connectivity index (χ4n) is 2.58. The van der Waals surface area contributed by atoms with Crippen LogP contribution in [0, 0.1) is 5.92 Å². The minimum Gasteiger partial charge on any atom is -0.464 e. The van der Waals surface area contributed by atoms with Crippen molar-refractivity contribution in [2.75, 3.05) is 20.6 Å². The normalized spacial score (nSPS) is 17.7. The lowest BCUT2D eigenvalue weighted by Crippen LogP contribution is -2.33. The van der Waals surface area contributed by atoms with Gasteiger partial charge in [-0.25, -0.2) is 4.99 Å². The maximum absolute atomic E-state index is 11.7. The van der Waals surface area contributed by atoms with E-state index in [1.54, 1.807) is 6.26 Å². The number of fused-ring (bicyclic) bond motifs is 1. The van der Waals surface area contributed by atoms with Gasteiger partial charge in [0.2, 0.25) is 0 Å². The van der Waals surface area contributed by atoms with E-state index in [2.05, 4.69) is 22.0 Å². The number of nitrogens with zero attached hydrogens (tertiary/aromatic N) is 2. The third-order valence-corrected chi connectivity index (χ3v) is 3.84. The lowest BCUT2D eigenvalue weighted by Gasteiger charge is -2.11. The SMILES string of the molecule is CC1C=c2cc(C(=CCN(C)C)c3ccco3)ccc2=NC1=O. The van der Waals surface area contributed by atoms with Gasteiger partial charge in [0.15, 0.2) is 0 Å². The van der Waals surface area contributed by atoms with Gasteiger partial charge in [0, 0.05) is 12.1 Å². The van der Waals surface area contributed by atoms with Crippen molar-refractivity contribution in [2.24, 2.45) is 10.9 Å². The first-order valence-corrected chi connectivity index (χ1v) is 7.68. The second-order valence-electron chi connectivity index (χ2n) is 6.04. The van der Waals surface area contributed by atoms with E-state index in [9.17, 15) is 4.79 Å². The molecule has 0 radical (unpaired) electrons. The molecule has 0 saturated carbocycles. The van der Waals surface area contributed by atoms with Gasteiger partial charge in [-0.05, 0) is 56.1 Å². The molecule has 1 amide bonds. The Hall–Kier alpha value is -2.46. The van der Waals surface area contributed by atoms with E-state index in [4.69, 9.17) is 4.42 Å². The summed E-state index contributed by atoms with van der Waals surface area (Å²) in [7, 11) is 4.06. The van der Waals surface area contributed by atoms with Crippen molar-refractivity contribution in [3.8, 4) is 0 Å². The Morgan fingerprint density at radius 3 is 2.87 bits per heavy atom. The van der Waals surface area contributed by atoms with Gasteiger partial charge in [-0.3, -0.25) is 4.79 Å². The number of carbonyl (C=O) groups excluding carboxylic acids is 1. The van der Waals surface area contributed by atoms with Crippen molar-refractivity contribution in [1.82, 2.24) is 4.90 Å². The molecular weight excluding hydrogens is 288 g/mol. The Morgan fingerprint density at radius 2 is 2.17 bits per heavy atom. The number of hydrogen-bond donors (Lipinski definition) is 0. The van der Waals surface area contributed by atoms with Gasteiger partial charge in [-0.15, -0.1) is 0 Å². The molecule has 0 aliphatic carbocycles. The predicted molar refractivity (Wildman–Crippen MR) is 90.2 cm³/mol. The van der Waals surface area contributed by atoms with Gasteiger partial charge in [-0.1, -0.05) is 18.2 Å². The van der Waals surface area contributed by atoms with Gasteiger partial charge < -0.3 is 9.32 Å². The maximum atomic E-state index is 11.7. The number of furan rings is 1. The van der Waals surface area contributed by atoms with Crippen LogP contribution >= 0.6 is 0 Å². The Bertz CT molecular complexity index is 861. The average Bonchev–Trinajstić information content (AvgIpc) is 3.02. The molecule has 4 nitrogen and oxygen atoms in total. The van der Waals surface area contributed by atoms with Crippen LogP contribution in [0.25, 0.3) is 11.6 Å².